The van der Waals surface area contributed by atoms with Crippen LogP contribution in [-0.2, 0) is 0 Å². The van der Waals surface area contributed by atoms with Gasteiger partial charge in [-0.1, -0.05) is 199 Å². The molecule has 0 aliphatic carbocycles. The molecular weight excluding hydrogens is 661 g/mol. The van der Waals surface area contributed by atoms with Crippen LogP contribution in [-0.4, -0.2) is 10.2 Å². The zero-order chi connectivity index (χ0) is 35.4. The van der Waals surface area contributed by atoms with Gasteiger partial charge in [0.15, 0.2) is 0 Å². The molecule has 250 valence electrons. The summed E-state index contributed by atoms with van der Waals surface area (Å²) >= 11 is 1.62. The molecule has 0 saturated heterocycles. The van der Waals surface area contributed by atoms with Gasteiger partial charge in [0.1, 0.15) is 10.0 Å². The molecule has 0 bridgehead atoms. The fraction of sp³-hybridized carbons (Fsp3) is 0. The number of hydrogen-bond acceptors (Lipinski definition) is 3. The Morgan fingerprint density at radius 3 is 1.09 bits per heavy atom. The molecule has 0 radical (unpaired) electrons. The van der Waals surface area contributed by atoms with Crippen LogP contribution in [0.2, 0.25) is 0 Å². The molecule has 1 aromatic heterocycles. The molecule has 0 spiro atoms. The zero-order valence-corrected chi connectivity index (χ0v) is 29.7. The van der Waals surface area contributed by atoms with E-state index in [0.717, 1.165) is 37.8 Å². The second-order valence-electron chi connectivity index (χ2n) is 13.0. The molecule has 2 nitrogen and oxygen atoms in total. The highest BCUT2D eigenvalue weighted by molar-refractivity contribution is 7.17. The second-order valence-corrected chi connectivity index (χ2v) is 14.0. The van der Waals surface area contributed by atoms with E-state index in [9.17, 15) is 0 Å². The summed E-state index contributed by atoms with van der Waals surface area (Å²) in [7, 11) is 0. The number of aromatic nitrogens is 2. The predicted octanol–water partition coefficient (Wildman–Crippen LogP) is 13.9. The maximum Gasteiger partial charge on any atom is 0.148 e. The summed E-state index contributed by atoms with van der Waals surface area (Å²) in [4.78, 5) is 0. The van der Waals surface area contributed by atoms with Crippen molar-refractivity contribution in [3.63, 3.8) is 0 Å². The first kappa shape index (κ1) is 32.2. The first-order valence-corrected chi connectivity index (χ1v) is 18.6. The van der Waals surface area contributed by atoms with Crippen molar-refractivity contribution in [3.8, 4) is 87.9 Å². The van der Waals surface area contributed by atoms with E-state index in [-0.39, 0.29) is 0 Å². The number of nitrogens with zero attached hydrogens (tertiary/aromatic N) is 2. The second kappa shape index (κ2) is 14.5. The Morgan fingerprint density at radius 1 is 0.245 bits per heavy atom. The van der Waals surface area contributed by atoms with Gasteiger partial charge >= 0.3 is 0 Å². The Labute approximate surface area is 314 Å². The molecule has 1 heterocycles. The van der Waals surface area contributed by atoms with E-state index < -0.39 is 0 Å². The standard InChI is InChI=1S/C50H34N2S/c1-6-18-35(19-7-1)44-34-45(47(37-22-10-3-11-23-37)48(38-24-12-4-13-25-38)46(44)36-20-8-2-9-21-36)42-30-16-28-40(32-42)41-29-17-31-43(33-41)50-52-51-49(53-50)39-26-14-5-15-27-39/h1-34H. The Bertz CT molecular complexity index is 2630. The SMILES string of the molecule is c1ccc(-c2nnc(-c3cccc(-c4cccc(-c5cc(-c6ccccc6)c(-c6ccccc6)c(-c6ccccc6)c5-c5ccccc5)c4)c3)s2)cc1. The van der Waals surface area contributed by atoms with Crippen molar-refractivity contribution in [2.75, 3.05) is 0 Å². The van der Waals surface area contributed by atoms with Crippen molar-refractivity contribution in [3.05, 3.63) is 206 Å². The van der Waals surface area contributed by atoms with Crippen molar-refractivity contribution in [2.24, 2.45) is 0 Å². The Morgan fingerprint density at radius 2 is 0.585 bits per heavy atom. The minimum Gasteiger partial charge on any atom is -0.138 e. The molecule has 53 heavy (non-hydrogen) atoms. The van der Waals surface area contributed by atoms with Crippen molar-refractivity contribution < 1.29 is 0 Å². The van der Waals surface area contributed by atoms with Gasteiger partial charge in [-0.2, -0.15) is 0 Å². The van der Waals surface area contributed by atoms with Gasteiger partial charge in [-0.3, -0.25) is 0 Å². The highest BCUT2D eigenvalue weighted by atomic mass is 32.1. The molecule has 9 aromatic rings. The van der Waals surface area contributed by atoms with E-state index in [0.29, 0.717) is 0 Å². The van der Waals surface area contributed by atoms with Crippen molar-refractivity contribution in [1.29, 1.82) is 0 Å². The smallest absolute Gasteiger partial charge is 0.138 e. The summed E-state index contributed by atoms with van der Waals surface area (Å²) in [5.74, 6) is 0. The molecule has 0 fully saturated rings. The average molecular weight is 695 g/mol. The fourth-order valence-electron chi connectivity index (χ4n) is 7.19. The maximum atomic E-state index is 4.59. The quantitative estimate of drug-likeness (QED) is 0.158. The fourth-order valence-corrected chi connectivity index (χ4v) is 8.04. The molecule has 0 amide bonds. The van der Waals surface area contributed by atoms with Gasteiger partial charge in [-0.15, -0.1) is 10.2 Å². The van der Waals surface area contributed by atoms with Crippen LogP contribution in [0.15, 0.2) is 206 Å². The van der Waals surface area contributed by atoms with E-state index in [1.165, 1.54) is 50.1 Å². The van der Waals surface area contributed by atoms with Crippen LogP contribution in [0.3, 0.4) is 0 Å². The normalized spacial score (nSPS) is 11.0. The summed E-state index contributed by atoms with van der Waals surface area (Å²) in [6, 6.07) is 73.6. The number of benzene rings is 8. The lowest BCUT2D eigenvalue weighted by Crippen LogP contribution is -1.98. The summed E-state index contributed by atoms with van der Waals surface area (Å²) in [5.41, 5.74) is 16.3. The van der Waals surface area contributed by atoms with Gasteiger partial charge in [-0.25, -0.2) is 0 Å². The highest BCUT2D eigenvalue weighted by Crippen LogP contribution is 2.50. The van der Waals surface area contributed by atoms with Crippen molar-refractivity contribution in [2.45, 2.75) is 0 Å². The molecule has 0 aliphatic rings. The zero-order valence-electron chi connectivity index (χ0n) is 28.9. The van der Waals surface area contributed by atoms with E-state index in [2.05, 4.69) is 198 Å². The van der Waals surface area contributed by atoms with Gasteiger partial charge < -0.3 is 0 Å². The summed E-state index contributed by atoms with van der Waals surface area (Å²) in [5, 5.41) is 10.9. The maximum absolute atomic E-state index is 4.59. The summed E-state index contributed by atoms with van der Waals surface area (Å²) in [6.45, 7) is 0. The average Bonchev–Trinajstić information content (AvgIpc) is 3.75. The molecule has 0 saturated carbocycles. The summed E-state index contributed by atoms with van der Waals surface area (Å²) < 4.78 is 0. The van der Waals surface area contributed by atoms with Gasteiger partial charge in [-0.05, 0) is 85.0 Å². The lowest BCUT2D eigenvalue weighted by molar-refractivity contribution is 1.10. The van der Waals surface area contributed by atoms with E-state index >= 15 is 0 Å². The van der Waals surface area contributed by atoms with Gasteiger partial charge in [0.05, 0.1) is 0 Å². The van der Waals surface area contributed by atoms with Crippen LogP contribution in [0.5, 0.6) is 0 Å². The van der Waals surface area contributed by atoms with Crippen LogP contribution in [0, 0.1) is 0 Å². The third-order valence-electron chi connectivity index (χ3n) is 9.66. The lowest BCUT2D eigenvalue weighted by Gasteiger charge is -2.24. The van der Waals surface area contributed by atoms with Crippen LogP contribution >= 0.6 is 11.3 Å². The molecule has 9 rings (SSSR count). The van der Waals surface area contributed by atoms with Gasteiger partial charge in [0, 0.05) is 11.1 Å². The first-order valence-electron chi connectivity index (χ1n) is 17.8. The molecule has 8 aromatic carbocycles. The molecule has 3 heteroatoms. The monoisotopic (exact) mass is 694 g/mol. The topological polar surface area (TPSA) is 25.8 Å². The molecule has 0 N–H and O–H groups in total. The predicted molar refractivity (Wildman–Crippen MR) is 223 cm³/mol. The first-order chi connectivity index (χ1) is 26.3. The van der Waals surface area contributed by atoms with E-state index in [1.54, 1.807) is 11.3 Å². The van der Waals surface area contributed by atoms with Crippen LogP contribution < -0.4 is 0 Å². The Kier molecular flexibility index (Phi) is 8.83. The number of hydrogen-bond donors (Lipinski definition) is 0. The molecular formula is C50H34N2S. The largest absolute Gasteiger partial charge is 0.148 e. The van der Waals surface area contributed by atoms with Crippen LogP contribution in [0.1, 0.15) is 0 Å². The molecule has 0 atom stereocenters. The molecule has 0 unspecified atom stereocenters. The lowest BCUT2D eigenvalue weighted by atomic mass is 9.78. The van der Waals surface area contributed by atoms with Crippen LogP contribution in [0.4, 0.5) is 0 Å². The minimum absolute atomic E-state index is 0.907. The Balaban J connectivity index is 1.27. The Hall–Kier alpha value is -6.68. The van der Waals surface area contributed by atoms with E-state index in [1.807, 2.05) is 18.2 Å². The van der Waals surface area contributed by atoms with Crippen molar-refractivity contribution >= 4 is 11.3 Å². The van der Waals surface area contributed by atoms with Crippen molar-refractivity contribution in [1.82, 2.24) is 10.2 Å². The third-order valence-corrected chi connectivity index (χ3v) is 10.7. The van der Waals surface area contributed by atoms with Gasteiger partial charge in [0.2, 0.25) is 0 Å². The summed E-state index contributed by atoms with van der Waals surface area (Å²) in [6.07, 6.45) is 0. The van der Waals surface area contributed by atoms with E-state index in [4.69, 9.17) is 0 Å². The molecule has 0 aliphatic heterocycles. The highest BCUT2D eigenvalue weighted by Gasteiger charge is 2.24. The third kappa shape index (κ3) is 6.51. The number of rotatable bonds is 8. The van der Waals surface area contributed by atoms with Gasteiger partial charge in [0.25, 0.3) is 0 Å². The minimum atomic E-state index is 0.907. The van der Waals surface area contributed by atoms with Crippen LogP contribution in [0.25, 0.3) is 87.9 Å².